The summed E-state index contributed by atoms with van der Waals surface area (Å²) in [4.78, 5) is 27.3. The molecule has 1 aliphatic rings. The van der Waals surface area contributed by atoms with Gasteiger partial charge in [0.05, 0.1) is 6.61 Å². The van der Waals surface area contributed by atoms with Gasteiger partial charge in [0.15, 0.2) is 0 Å². The van der Waals surface area contributed by atoms with Gasteiger partial charge in [0.25, 0.3) is 0 Å². The maximum atomic E-state index is 12.0. The summed E-state index contributed by atoms with van der Waals surface area (Å²) in [5.41, 5.74) is 6.51. The highest BCUT2D eigenvalue weighted by Gasteiger charge is 2.55. The van der Waals surface area contributed by atoms with E-state index >= 15 is 0 Å². The molecule has 1 saturated heterocycles. The molecule has 0 aliphatic carbocycles. The van der Waals surface area contributed by atoms with Crippen molar-refractivity contribution >= 4 is 12.0 Å². The highest BCUT2D eigenvalue weighted by atomic mass is 16.7. The minimum Gasteiger partial charge on any atom is -0.456 e. The van der Waals surface area contributed by atoms with Crippen LogP contribution in [-0.2, 0) is 19.1 Å². The molecule has 20 heavy (non-hydrogen) atoms. The van der Waals surface area contributed by atoms with Crippen LogP contribution < -0.4 is 11.2 Å². The Hall–Kier alpha value is -2.12. The van der Waals surface area contributed by atoms with Crippen LogP contribution in [0.25, 0.3) is 0 Å². The van der Waals surface area contributed by atoms with Crippen LogP contribution in [0.3, 0.4) is 0 Å². The van der Waals surface area contributed by atoms with Crippen LogP contribution in [0.4, 0.5) is 4.79 Å². The summed E-state index contributed by atoms with van der Waals surface area (Å²) in [5, 5.41) is 0. The summed E-state index contributed by atoms with van der Waals surface area (Å²) in [5.74, 6) is -0.528. The molecule has 1 aromatic rings. The zero-order valence-corrected chi connectivity index (χ0v) is 11.0. The lowest BCUT2D eigenvalue weighted by Crippen LogP contribution is -2.38. The minimum absolute atomic E-state index is 0.143. The summed E-state index contributed by atoms with van der Waals surface area (Å²) in [6, 6.07) is 8.50. The number of carbonyl (C=O) groups is 2. The number of esters is 1. The van der Waals surface area contributed by atoms with Gasteiger partial charge in [-0.1, -0.05) is 30.3 Å². The largest absolute Gasteiger partial charge is 0.456 e. The number of epoxide rings is 1. The lowest BCUT2D eigenvalue weighted by Gasteiger charge is -2.17. The van der Waals surface area contributed by atoms with E-state index in [2.05, 4.69) is 0 Å². The van der Waals surface area contributed by atoms with E-state index in [1.165, 1.54) is 0 Å². The Morgan fingerprint density at radius 1 is 1.45 bits per heavy atom. The van der Waals surface area contributed by atoms with Crippen LogP contribution >= 0.6 is 0 Å². The number of primary amides is 1. The molecule has 7 heteroatoms. The molecule has 0 spiro atoms. The van der Waals surface area contributed by atoms with Crippen molar-refractivity contribution in [3.05, 3.63) is 35.9 Å². The monoisotopic (exact) mass is 280 g/mol. The summed E-state index contributed by atoms with van der Waals surface area (Å²) in [7, 11) is 0. The molecule has 1 aromatic carbocycles. The molecule has 2 amide bonds. The molecule has 0 radical (unpaired) electrons. The Balaban J connectivity index is 1.86. The number of nitrogens with one attached hydrogen (secondary N) is 1. The van der Waals surface area contributed by atoms with E-state index < -0.39 is 23.7 Å². The second kappa shape index (κ2) is 5.89. The van der Waals surface area contributed by atoms with Gasteiger partial charge in [-0.3, -0.25) is 4.84 Å². The first-order valence-corrected chi connectivity index (χ1v) is 6.11. The Bertz CT molecular complexity index is 487. The molecular formula is C13H16N2O5. The predicted molar refractivity (Wildman–Crippen MR) is 68.3 cm³/mol. The first-order chi connectivity index (χ1) is 9.53. The van der Waals surface area contributed by atoms with Gasteiger partial charge in [-0.2, -0.15) is 0 Å². The number of ether oxygens (including phenoxy) is 2. The predicted octanol–water partition coefficient (Wildman–Crippen LogP) is 0.660. The third kappa shape index (κ3) is 3.46. The smallest absolute Gasteiger partial charge is 0.344 e. The van der Waals surface area contributed by atoms with Gasteiger partial charge in [-0.25, -0.2) is 15.1 Å². The SMILES string of the molecule is C[C@H](OC(=O)[C@]1(CONC(N)=O)CO1)c1ccccc1. The fraction of sp³-hybridized carbons (Fsp3) is 0.385. The Labute approximate surface area is 115 Å². The average Bonchev–Trinajstić information content (AvgIpc) is 3.20. The van der Waals surface area contributed by atoms with Gasteiger partial charge in [0.1, 0.15) is 12.7 Å². The van der Waals surface area contributed by atoms with Crippen LogP contribution in [0.5, 0.6) is 0 Å². The quantitative estimate of drug-likeness (QED) is 0.452. The van der Waals surface area contributed by atoms with Crippen molar-refractivity contribution in [3.8, 4) is 0 Å². The van der Waals surface area contributed by atoms with Crippen molar-refractivity contribution < 1.29 is 23.9 Å². The van der Waals surface area contributed by atoms with Gasteiger partial charge in [-0.15, -0.1) is 0 Å². The molecule has 1 fully saturated rings. The van der Waals surface area contributed by atoms with E-state index in [1.54, 1.807) is 6.92 Å². The zero-order chi connectivity index (χ0) is 14.6. The molecule has 0 saturated carbocycles. The molecule has 3 N–H and O–H groups in total. The van der Waals surface area contributed by atoms with Gasteiger partial charge >= 0.3 is 12.0 Å². The standard InChI is InChI=1S/C13H16N2O5/c1-9(10-5-3-2-4-6-10)20-11(16)13(7-18-13)8-19-15-12(14)17/h2-6,9H,7-8H2,1H3,(H3,14,15,17)/t9-,13+/m0/s1. The van der Waals surface area contributed by atoms with Crippen LogP contribution in [-0.4, -0.2) is 30.8 Å². The lowest BCUT2D eigenvalue weighted by atomic mass is 10.1. The third-order valence-corrected chi connectivity index (χ3v) is 2.90. The first kappa shape index (κ1) is 14.3. The van der Waals surface area contributed by atoms with Crippen molar-refractivity contribution in [1.29, 1.82) is 0 Å². The van der Waals surface area contributed by atoms with Crippen LogP contribution in [0.2, 0.25) is 0 Å². The molecule has 1 aliphatic heterocycles. The number of nitrogens with two attached hydrogens (primary N) is 1. The summed E-state index contributed by atoms with van der Waals surface area (Å²) >= 11 is 0. The molecule has 2 rings (SSSR count). The number of rotatable bonds is 6. The minimum atomic E-state index is -1.15. The highest BCUT2D eigenvalue weighted by molar-refractivity contribution is 5.82. The normalized spacial score (nSPS) is 21.9. The van der Waals surface area contributed by atoms with E-state index in [4.69, 9.17) is 20.0 Å². The summed E-state index contributed by atoms with van der Waals surface area (Å²) < 4.78 is 10.4. The van der Waals surface area contributed by atoms with Crippen LogP contribution in [0.1, 0.15) is 18.6 Å². The van der Waals surface area contributed by atoms with E-state index in [0.29, 0.717) is 0 Å². The second-order valence-corrected chi connectivity index (χ2v) is 4.50. The van der Waals surface area contributed by atoms with Gasteiger partial charge < -0.3 is 15.2 Å². The van der Waals surface area contributed by atoms with Crippen molar-refractivity contribution in [3.63, 3.8) is 0 Å². The second-order valence-electron chi connectivity index (χ2n) is 4.50. The maximum Gasteiger partial charge on any atom is 0.344 e. The molecule has 0 aromatic heterocycles. The van der Waals surface area contributed by atoms with E-state index in [9.17, 15) is 9.59 Å². The van der Waals surface area contributed by atoms with Crippen molar-refractivity contribution in [1.82, 2.24) is 5.48 Å². The number of hydrogen-bond acceptors (Lipinski definition) is 5. The molecule has 0 unspecified atom stereocenters. The topological polar surface area (TPSA) is 103 Å². The van der Waals surface area contributed by atoms with Gasteiger partial charge in [0, 0.05) is 0 Å². The Morgan fingerprint density at radius 2 is 2.10 bits per heavy atom. The fourth-order valence-corrected chi connectivity index (χ4v) is 1.63. The molecule has 1 heterocycles. The molecule has 7 nitrogen and oxygen atoms in total. The maximum absolute atomic E-state index is 12.0. The van der Waals surface area contributed by atoms with Crippen LogP contribution in [0.15, 0.2) is 30.3 Å². The Morgan fingerprint density at radius 3 is 2.65 bits per heavy atom. The van der Waals surface area contributed by atoms with Crippen molar-refractivity contribution in [2.75, 3.05) is 13.2 Å². The van der Waals surface area contributed by atoms with Crippen LogP contribution in [0, 0.1) is 0 Å². The number of carbonyl (C=O) groups excluding carboxylic acids is 2. The average molecular weight is 280 g/mol. The van der Waals surface area contributed by atoms with E-state index in [0.717, 1.165) is 5.56 Å². The number of urea groups is 1. The summed E-state index contributed by atoms with van der Waals surface area (Å²) in [6.07, 6.45) is -0.395. The number of hydroxylamine groups is 1. The first-order valence-electron chi connectivity index (χ1n) is 6.11. The third-order valence-electron chi connectivity index (χ3n) is 2.90. The van der Waals surface area contributed by atoms with Gasteiger partial charge in [0.2, 0.25) is 5.60 Å². The number of amides is 2. The van der Waals surface area contributed by atoms with Crippen molar-refractivity contribution in [2.45, 2.75) is 18.6 Å². The lowest BCUT2D eigenvalue weighted by molar-refractivity contribution is -0.158. The fourth-order valence-electron chi connectivity index (χ4n) is 1.63. The molecule has 2 atom stereocenters. The highest BCUT2D eigenvalue weighted by Crippen LogP contribution is 2.31. The van der Waals surface area contributed by atoms with E-state index in [-0.39, 0.29) is 13.2 Å². The number of hydrogen-bond donors (Lipinski definition) is 2. The Kier molecular flexibility index (Phi) is 4.21. The molecule has 108 valence electrons. The summed E-state index contributed by atoms with van der Waals surface area (Å²) in [6.45, 7) is 1.82. The van der Waals surface area contributed by atoms with E-state index in [1.807, 2.05) is 35.8 Å². The zero-order valence-electron chi connectivity index (χ0n) is 11.0. The number of benzene rings is 1. The van der Waals surface area contributed by atoms with Crippen molar-refractivity contribution in [2.24, 2.45) is 5.73 Å². The molecule has 0 bridgehead atoms. The van der Waals surface area contributed by atoms with Gasteiger partial charge in [-0.05, 0) is 12.5 Å². The molecular weight excluding hydrogens is 264 g/mol.